The molecule has 2 atom stereocenters. The molecule has 7 nitrogen and oxygen atoms in total. The summed E-state index contributed by atoms with van der Waals surface area (Å²) in [4.78, 5) is 2.43. The average Bonchev–Trinajstić information content (AvgIpc) is 3.03. The quantitative estimate of drug-likeness (QED) is 0.780. The van der Waals surface area contributed by atoms with E-state index in [1.807, 2.05) is 24.1 Å². The van der Waals surface area contributed by atoms with Crippen molar-refractivity contribution >= 4 is 10.2 Å². The molecule has 0 spiro atoms. The van der Waals surface area contributed by atoms with E-state index in [2.05, 4.69) is 10.00 Å². The first-order valence-corrected chi connectivity index (χ1v) is 9.13. The van der Waals surface area contributed by atoms with Crippen LogP contribution in [-0.2, 0) is 23.8 Å². The van der Waals surface area contributed by atoms with Crippen molar-refractivity contribution in [1.82, 2.24) is 23.3 Å². The summed E-state index contributed by atoms with van der Waals surface area (Å²) < 4.78 is 29.3. The van der Waals surface area contributed by atoms with Gasteiger partial charge in [-0.2, -0.15) is 22.1 Å². The van der Waals surface area contributed by atoms with Gasteiger partial charge in [-0.3, -0.25) is 9.58 Å². The number of nitrogens with zero attached hydrogens (tertiary/aromatic N) is 5. The maximum Gasteiger partial charge on any atom is 0.281 e. The molecule has 2 saturated heterocycles. The Kier molecular flexibility index (Phi) is 4.28. The van der Waals surface area contributed by atoms with Gasteiger partial charge in [-0.05, 0) is 18.3 Å². The van der Waals surface area contributed by atoms with Crippen LogP contribution in [0.3, 0.4) is 0 Å². The molecule has 0 unspecified atom stereocenters. The van der Waals surface area contributed by atoms with E-state index in [1.54, 1.807) is 18.4 Å². The first kappa shape index (κ1) is 15.9. The lowest BCUT2D eigenvalue weighted by atomic mass is 9.90. The fourth-order valence-electron chi connectivity index (χ4n) is 3.61. The predicted octanol–water partition coefficient (Wildman–Crippen LogP) is -0.0198. The Bertz CT molecular complexity index is 627. The van der Waals surface area contributed by atoms with Crippen LogP contribution in [0.5, 0.6) is 0 Å². The molecule has 0 aliphatic carbocycles. The SMILES string of the molecule is CN(C)S(=O)(=O)N1CC[C@@H]2CN(Cc3cnn(C)c3)C[C@@H]2C1. The van der Waals surface area contributed by atoms with Gasteiger partial charge in [0.1, 0.15) is 0 Å². The van der Waals surface area contributed by atoms with E-state index in [4.69, 9.17) is 0 Å². The minimum absolute atomic E-state index is 0.445. The molecule has 2 aliphatic rings. The van der Waals surface area contributed by atoms with E-state index < -0.39 is 10.2 Å². The first-order valence-electron chi connectivity index (χ1n) is 7.73. The van der Waals surface area contributed by atoms with Crippen molar-refractivity contribution in [3.8, 4) is 0 Å². The molecule has 1 aromatic rings. The van der Waals surface area contributed by atoms with Crippen LogP contribution in [0, 0.1) is 11.8 Å². The van der Waals surface area contributed by atoms with Crippen molar-refractivity contribution in [2.24, 2.45) is 18.9 Å². The number of hydrogen-bond donors (Lipinski definition) is 0. The van der Waals surface area contributed by atoms with Crippen molar-refractivity contribution in [2.45, 2.75) is 13.0 Å². The number of aryl methyl sites for hydroxylation is 1. The van der Waals surface area contributed by atoms with Crippen molar-refractivity contribution in [3.05, 3.63) is 18.0 Å². The molecule has 0 N–H and O–H groups in total. The van der Waals surface area contributed by atoms with Crippen LogP contribution in [0.2, 0.25) is 0 Å². The number of rotatable bonds is 4. The number of hydrogen-bond acceptors (Lipinski definition) is 4. The van der Waals surface area contributed by atoms with Crippen LogP contribution in [0.1, 0.15) is 12.0 Å². The number of piperidine rings is 1. The third-order valence-corrected chi connectivity index (χ3v) is 6.70. The van der Waals surface area contributed by atoms with Gasteiger partial charge in [0.2, 0.25) is 0 Å². The summed E-state index contributed by atoms with van der Waals surface area (Å²) in [5.41, 5.74) is 1.22. The van der Waals surface area contributed by atoms with Gasteiger partial charge in [-0.15, -0.1) is 0 Å². The fourth-order valence-corrected chi connectivity index (χ4v) is 4.79. The molecular formula is C14H25N5O2S. The lowest BCUT2D eigenvalue weighted by Gasteiger charge is -2.34. The van der Waals surface area contributed by atoms with Crippen LogP contribution < -0.4 is 0 Å². The fraction of sp³-hybridized carbons (Fsp3) is 0.786. The zero-order chi connectivity index (χ0) is 15.9. The molecule has 2 aliphatic heterocycles. The molecule has 8 heteroatoms. The van der Waals surface area contributed by atoms with E-state index in [0.29, 0.717) is 24.9 Å². The third kappa shape index (κ3) is 3.05. The smallest absolute Gasteiger partial charge is 0.281 e. The van der Waals surface area contributed by atoms with Crippen molar-refractivity contribution in [1.29, 1.82) is 0 Å². The highest BCUT2D eigenvalue weighted by molar-refractivity contribution is 7.86. The maximum atomic E-state index is 12.3. The van der Waals surface area contributed by atoms with Gasteiger partial charge in [-0.25, -0.2) is 0 Å². The Hall–Kier alpha value is -0.960. The van der Waals surface area contributed by atoms with Crippen molar-refractivity contribution in [3.63, 3.8) is 0 Å². The van der Waals surface area contributed by atoms with Gasteiger partial charge in [0.05, 0.1) is 6.20 Å². The Morgan fingerprint density at radius 3 is 2.64 bits per heavy atom. The molecule has 1 aromatic heterocycles. The Morgan fingerprint density at radius 1 is 1.27 bits per heavy atom. The Balaban J connectivity index is 1.62. The summed E-state index contributed by atoms with van der Waals surface area (Å²) in [5, 5.41) is 4.21. The zero-order valence-electron chi connectivity index (χ0n) is 13.5. The first-order chi connectivity index (χ1) is 10.4. The molecular weight excluding hydrogens is 302 g/mol. The minimum Gasteiger partial charge on any atom is -0.298 e. The van der Waals surface area contributed by atoms with Gasteiger partial charge in [0.15, 0.2) is 0 Å². The summed E-state index contributed by atoms with van der Waals surface area (Å²) in [7, 11) is 1.85. The number of fused-ring (bicyclic) bond motifs is 1. The van der Waals surface area contributed by atoms with E-state index in [1.165, 1.54) is 9.87 Å². The average molecular weight is 327 g/mol. The third-order valence-electron chi connectivity index (χ3n) is 4.79. The van der Waals surface area contributed by atoms with Crippen molar-refractivity contribution in [2.75, 3.05) is 40.3 Å². The summed E-state index contributed by atoms with van der Waals surface area (Å²) >= 11 is 0. The largest absolute Gasteiger partial charge is 0.298 e. The van der Waals surface area contributed by atoms with Crippen molar-refractivity contribution < 1.29 is 8.42 Å². The summed E-state index contributed by atoms with van der Waals surface area (Å²) in [5.74, 6) is 1.06. The van der Waals surface area contributed by atoms with Crippen LogP contribution in [0.4, 0.5) is 0 Å². The molecule has 22 heavy (non-hydrogen) atoms. The Labute approximate surface area is 132 Å². The van der Waals surface area contributed by atoms with Crippen LogP contribution in [0.25, 0.3) is 0 Å². The topological polar surface area (TPSA) is 61.7 Å². The van der Waals surface area contributed by atoms with Crippen LogP contribution >= 0.6 is 0 Å². The predicted molar refractivity (Wildman–Crippen MR) is 84.3 cm³/mol. The standard InChI is InChI=1S/C14H25N5O2S/c1-16(2)22(20,21)19-5-4-13-9-18(10-14(13)11-19)8-12-6-15-17(3)7-12/h6-7,13-14H,4-5,8-11H2,1-3H3/t13-,14-/m1/s1. The summed E-state index contributed by atoms with van der Waals surface area (Å²) in [6.45, 7) is 4.23. The molecule has 0 saturated carbocycles. The molecule has 3 rings (SSSR count). The number of likely N-dealkylation sites (tertiary alicyclic amines) is 1. The monoisotopic (exact) mass is 327 g/mol. The lowest BCUT2D eigenvalue weighted by Crippen LogP contribution is -2.47. The molecule has 0 aromatic carbocycles. The van der Waals surface area contributed by atoms with Gasteiger partial charge in [0.25, 0.3) is 10.2 Å². The lowest BCUT2D eigenvalue weighted by molar-refractivity contribution is 0.219. The minimum atomic E-state index is -3.28. The molecule has 3 heterocycles. The highest BCUT2D eigenvalue weighted by Crippen LogP contribution is 2.33. The molecule has 2 fully saturated rings. The summed E-state index contributed by atoms with van der Waals surface area (Å²) in [6, 6.07) is 0. The van der Waals surface area contributed by atoms with Crippen LogP contribution in [-0.4, -0.2) is 72.0 Å². The van der Waals surface area contributed by atoms with E-state index in [0.717, 1.165) is 26.1 Å². The van der Waals surface area contributed by atoms with E-state index in [9.17, 15) is 8.42 Å². The maximum absolute atomic E-state index is 12.3. The second-order valence-corrected chi connectivity index (χ2v) is 8.82. The second kappa shape index (κ2) is 5.92. The zero-order valence-corrected chi connectivity index (χ0v) is 14.3. The van der Waals surface area contributed by atoms with Gasteiger partial charge < -0.3 is 0 Å². The highest BCUT2D eigenvalue weighted by Gasteiger charge is 2.40. The second-order valence-electron chi connectivity index (χ2n) is 6.67. The molecule has 124 valence electrons. The normalized spacial score (nSPS) is 27.5. The van der Waals surface area contributed by atoms with Gasteiger partial charge in [0, 0.05) is 65.6 Å². The number of aromatic nitrogens is 2. The molecule has 0 amide bonds. The highest BCUT2D eigenvalue weighted by atomic mass is 32.2. The molecule has 0 radical (unpaired) electrons. The van der Waals surface area contributed by atoms with Gasteiger partial charge in [-0.1, -0.05) is 0 Å². The van der Waals surface area contributed by atoms with Crippen LogP contribution in [0.15, 0.2) is 12.4 Å². The van der Waals surface area contributed by atoms with E-state index in [-0.39, 0.29) is 0 Å². The van der Waals surface area contributed by atoms with Gasteiger partial charge >= 0.3 is 0 Å². The summed E-state index contributed by atoms with van der Waals surface area (Å²) in [6.07, 6.45) is 4.91. The van der Waals surface area contributed by atoms with E-state index >= 15 is 0 Å². The molecule has 0 bridgehead atoms. The Morgan fingerprint density at radius 2 is 2.00 bits per heavy atom.